The molecule has 186 valence electrons. The standard InChI is InChI=1S/C24H22F3N7O2/c1-14-12-32(13-28-14)19-9-8-18(29-23(19)36-3)21-30-22-20(33(15(2)35)10-11-34(22)31-21)16-4-6-17(7-5-16)24(25,26)27/h4-9,12-13,20H,10-11H2,1-3H3. The first-order valence-electron chi connectivity index (χ1n) is 11.1. The zero-order valence-corrected chi connectivity index (χ0v) is 19.7. The quantitative estimate of drug-likeness (QED) is 0.426. The van der Waals surface area contributed by atoms with E-state index >= 15 is 0 Å². The molecule has 0 bridgehead atoms. The lowest BCUT2D eigenvalue weighted by atomic mass is 10.0. The summed E-state index contributed by atoms with van der Waals surface area (Å²) >= 11 is 0. The Morgan fingerprint density at radius 2 is 1.83 bits per heavy atom. The van der Waals surface area contributed by atoms with Crippen molar-refractivity contribution in [2.24, 2.45) is 0 Å². The number of rotatable bonds is 4. The molecule has 1 aliphatic rings. The molecule has 1 atom stereocenters. The number of amides is 1. The van der Waals surface area contributed by atoms with Crippen molar-refractivity contribution in [3.8, 4) is 23.1 Å². The van der Waals surface area contributed by atoms with Gasteiger partial charge in [0.15, 0.2) is 11.6 Å². The van der Waals surface area contributed by atoms with Crippen molar-refractivity contribution in [1.29, 1.82) is 0 Å². The molecule has 0 N–H and O–H groups in total. The molecule has 9 nitrogen and oxygen atoms in total. The number of pyridine rings is 1. The fourth-order valence-corrected chi connectivity index (χ4v) is 4.28. The number of carbonyl (C=O) groups excluding carboxylic acids is 1. The van der Waals surface area contributed by atoms with Gasteiger partial charge in [-0.1, -0.05) is 12.1 Å². The molecular weight excluding hydrogens is 475 g/mol. The van der Waals surface area contributed by atoms with Crippen molar-refractivity contribution < 1.29 is 22.7 Å². The Hall–Kier alpha value is -4.22. The number of aryl methyl sites for hydroxylation is 1. The van der Waals surface area contributed by atoms with Crippen LogP contribution in [0.5, 0.6) is 5.88 Å². The second-order valence-corrected chi connectivity index (χ2v) is 8.40. The highest BCUT2D eigenvalue weighted by molar-refractivity contribution is 5.74. The second-order valence-electron chi connectivity index (χ2n) is 8.40. The van der Waals surface area contributed by atoms with E-state index < -0.39 is 17.8 Å². The Kier molecular flexibility index (Phi) is 5.73. The Morgan fingerprint density at radius 1 is 1.08 bits per heavy atom. The van der Waals surface area contributed by atoms with Crippen molar-refractivity contribution >= 4 is 5.91 Å². The number of ether oxygens (including phenoxy) is 1. The van der Waals surface area contributed by atoms with Crippen LogP contribution in [0, 0.1) is 6.92 Å². The van der Waals surface area contributed by atoms with E-state index in [-0.39, 0.29) is 5.91 Å². The molecule has 1 aromatic carbocycles. The first-order valence-corrected chi connectivity index (χ1v) is 11.1. The molecule has 0 saturated heterocycles. The first-order chi connectivity index (χ1) is 17.2. The Morgan fingerprint density at radius 3 is 2.44 bits per heavy atom. The van der Waals surface area contributed by atoms with E-state index in [1.165, 1.54) is 26.2 Å². The first kappa shape index (κ1) is 23.5. The van der Waals surface area contributed by atoms with Gasteiger partial charge in [0.1, 0.15) is 17.4 Å². The summed E-state index contributed by atoms with van der Waals surface area (Å²) in [6.45, 7) is 4.03. The van der Waals surface area contributed by atoms with E-state index in [9.17, 15) is 18.0 Å². The number of methoxy groups -OCH3 is 1. The SMILES string of the molecule is COc1nc(-c2nc3n(n2)CCN(C(C)=O)C3c2ccc(C(F)(F)F)cc2)ccc1-n1cnc(C)c1. The van der Waals surface area contributed by atoms with Crippen LogP contribution in [0.25, 0.3) is 17.2 Å². The van der Waals surface area contributed by atoms with Crippen LogP contribution in [-0.4, -0.2) is 53.8 Å². The third-order valence-electron chi connectivity index (χ3n) is 6.02. The van der Waals surface area contributed by atoms with E-state index in [1.807, 2.05) is 19.2 Å². The average Bonchev–Trinajstić information content (AvgIpc) is 3.48. The molecule has 1 amide bonds. The van der Waals surface area contributed by atoms with Crippen LogP contribution in [0.1, 0.15) is 35.6 Å². The molecule has 3 aromatic heterocycles. The number of hydrogen-bond acceptors (Lipinski definition) is 6. The van der Waals surface area contributed by atoms with E-state index in [2.05, 4.69) is 20.1 Å². The predicted octanol–water partition coefficient (Wildman–Crippen LogP) is 3.81. The Bertz CT molecular complexity index is 1430. The third kappa shape index (κ3) is 4.18. The van der Waals surface area contributed by atoms with Crippen molar-refractivity contribution in [2.45, 2.75) is 32.6 Å². The summed E-state index contributed by atoms with van der Waals surface area (Å²) in [6.07, 6.45) is -0.949. The topological polar surface area (TPSA) is 91.0 Å². The number of imidazole rings is 1. The molecule has 1 unspecified atom stereocenters. The van der Waals surface area contributed by atoms with Crippen LogP contribution in [0.4, 0.5) is 13.2 Å². The lowest BCUT2D eigenvalue weighted by molar-refractivity contribution is -0.137. The van der Waals surface area contributed by atoms with E-state index in [4.69, 9.17) is 4.74 Å². The van der Waals surface area contributed by atoms with Crippen molar-refractivity contribution in [3.63, 3.8) is 0 Å². The van der Waals surface area contributed by atoms with Crippen LogP contribution in [0.15, 0.2) is 48.9 Å². The number of carbonyl (C=O) groups is 1. The van der Waals surface area contributed by atoms with Crippen LogP contribution < -0.4 is 4.74 Å². The fourth-order valence-electron chi connectivity index (χ4n) is 4.28. The van der Waals surface area contributed by atoms with Gasteiger partial charge in [0, 0.05) is 19.7 Å². The molecule has 1 aliphatic heterocycles. The summed E-state index contributed by atoms with van der Waals surface area (Å²) in [5, 5.41) is 4.58. The molecule has 12 heteroatoms. The summed E-state index contributed by atoms with van der Waals surface area (Å²) < 4.78 is 48.2. The van der Waals surface area contributed by atoms with Gasteiger partial charge in [-0.15, -0.1) is 5.10 Å². The van der Waals surface area contributed by atoms with Gasteiger partial charge in [-0.3, -0.25) is 4.79 Å². The number of alkyl halides is 3. The maximum Gasteiger partial charge on any atom is 0.416 e. The van der Waals surface area contributed by atoms with Gasteiger partial charge in [-0.25, -0.2) is 19.6 Å². The predicted molar refractivity (Wildman–Crippen MR) is 122 cm³/mol. The van der Waals surface area contributed by atoms with Gasteiger partial charge in [-0.05, 0) is 36.8 Å². The third-order valence-corrected chi connectivity index (χ3v) is 6.02. The smallest absolute Gasteiger partial charge is 0.416 e. The van der Waals surface area contributed by atoms with Gasteiger partial charge in [0.25, 0.3) is 0 Å². The Balaban J connectivity index is 1.55. The van der Waals surface area contributed by atoms with Gasteiger partial charge < -0.3 is 14.2 Å². The molecule has 0 spiro atoms. The number of aromatic nitrogens is 6. The van der Waals surface area contributed by atoms with Crippen molar-refractivity contribution in [1.82, 2.24) is 34.2 Å². The summed E-state index contributed by atoms with van der Waals surface area (Å²) in [4.78, 5) is 27.4. The average molecular weight is 497 g/mol. The highest BCUT2D eigenvalue weighted by Crippen LogP contribution is 2.35. The maximum absolute atomic E-state index is 13.1. The molecule has 5 rings (SSSR count). The monoisotopic (exact) mass is 497 g/mol. The zero-order valence-electron chi connectivity index (χ0n) is 19.7. The van der Waals surface area contributed by atoms with Crippen molar-refractivity contribution in [2.75, 3.05) is 13.7 Å². The van der Waals surface area contributed by atoms with E-state index in [0.717, 1.165) is 17.8 Å². The molecule has 4 aromatic rings. The van der Waals surface area contributed by atoms with Crippen molar-refractivity contribution in [3.05, 3.63) is 71.6 Å². The normalized spacial score (nSPS) is 15.6. The van der Waals surface area contributed by atoms with Crippen LogP contribution in [-0.2, 0) is 17.5 Å². The molecular formula is C24H22F3N7O2. The lowest BCUT2D eigenvalue weighted by Gasteiger charge is -2.34. The highest BCUT2D eigenvalue weighted by Gasteiger charge is 2.35. The minimum Gasteiger partial charge on any atom is -0.479 e. The van der Waals surface area contributed by atoms with Gasteiger partial charge in [0.05, 0.1) is 31.2 Å². The molecule has 36 heavy (non-hydrogen) atoms. The lowest BCUT2D eigenvalue weighted by Crippen LogP contribution is -2.42. The molecule has 0 fully saturated rings. The van der Waals surface area contributed by atoms with Crippen LogP contribution in [0.2, 0.25) is 0 Å². The molecule has 0 radical (unpaired) electrons. The van der Waals surface area contributed by atoms with E-state index in [0.29, 0.717) is 47.6 Å². The Labute approximate surface area is 204 Å². The second kappa shape index (κ2) is 8.77. The van der Waals surface area contributed by atoms with Gasteiger partial charge >= 0.3 is 6.18 Å². The summed E-state index contributed by atoms with van der Waals surface area (Å²) in [5.41, 5.74) is 1.73. The minimum absolute atomic E-state index is 0.213. The summed E-state index contributed by atoms with van der Waals surface area (Å²) in [7, 11) is 1.51. The fraction of sp³-hybridized carbons (Fsp3) is 0.292. The molecule has 4 heterocycles. The molecule has 0 saturated carbocycles. The largest absolute Gasteiger partial charge is 0.479 e. The summed E-state index contributed by atoms with van der Waals surface area (Å²) in [5.74, 6) is 0.901. The number of fused-ring (bicyclic) bond motifs is 1. The van der Waals surface area contributed by atoms with Crippen LogP contribution in [0.3, 0.4) is 0 Å². The number of hydrogen-bond donors (Lipinski definition) is 0. The zero-order chi connectivity index (χ0) is 25.6. The summed E-state index contributed by atoms with van der Waals surface area (Å²) in [6, 6.07) is 7.64. The number of benzene rings is 1. The van der Waals surface area contributed by atoms with E-state index in [1.54, 1.807) is 26.5 Å². The maximum atomic E-state index is 13.1. The van der Waals surface area contributed by atoms with Gasteiger partial charge in [0.2, 0.25) is 11.8 Å². The number of halogens is 3. The minimum atomic E-state index is -4.45. The van der Waals surface area contributed by atoms with Crippen LogP contribution >= 0.6 is 0 Å². The van der Waals surface area contributed by atoms with Gasteiger partial charge in [-0.2, -0.15) is 13.2 Å². The highest BCUT2D eigenvalue weighted by atomic mass is 19.4. The molecule has 0 aliphatic carbocycles. The number of nitrogens with zero attached hydrogens (tertiary/aromatic N) is 7.